The Bertz CT molecular complexity index is 980. The van der Waals surface area contributed by atoms with E-state index in [1.165, 1.54) is 11.8 Å². The number of benzene rings is 3. The van der Waals surface area contributed by atoms with Gasteiger partial charge in [-0.05, 0) is 36.2 Å². The lowest BCUT2D eigenvalue weighted by Crippen LogP contribution is -2.31. The molecule has 0 fully saturated rings. The van der Waals surface area contributed by atoms with Gasteiger partial charge in [-0.2, -0.15) is 0 Å². The van der Waals surface area contributed by atoms with Crippen molar-refractivity contribution in [1.29, 1.82) is 0 Å². The van der Waals surface area contributed by atoms with Crippen molar-refractivity contribution in [2.45, 2.75) is 30.2 Å². The van der Waals surface area contributed by atoms with Gasteiger partial charge in [0.05, 0.1) is 10.9 Å². The monoisotopic (exact) mass is 402 g/mol. The molecular formula is C24H22N2O2S. The van der Waals surface area contributed by atoms with E-state index in [4.69, 9.17) is 0 Å². The van der Waals surface area contributed by atoms with Gasteiger partial charge in [-0.3, -0.25) is 9.59 Å². The van der Waals surface area contributed by atoms with Gasteiger partial charge in [0.25, 0.3) is 5.91 Å². The fourth-order valence-corrected chi connectivity index (χ4v) is 4.26. The summed E-state index contributed by atoms with van der Waals surface area (Å²) >= 11 is 1.52. The number of anilines is 1. The standard InChI is InChI=1S/C24H22N2O2S/c1-17-23(27)25-21-14-20(12-13-22(21)29-17)24(28)26(15-18-8-4-2-5-9-18)16-19-10-6-3-7-11-19/h2-14,17H,15-16H2,1H3,(H,25,27). The summed E-state index contributed by atoms with van der Waals surface area (Å²) in [5.74, 6) is -0.0871. The molecule has 1 atom stereocenters. The largest absolute Gasteiger partial charge is 0.330 e. The number of nitrogens with zero attached hydrogens (tertiary/aromatic N) is 1. The molecule has 3 aromatic rings. The summed E-state index contributed by atoms with van der Waals surface area (Å²) in [5, 5.41) is 2.78. The summed E-state index contributed by atoms with van der Waals surface area (Å²) < 4.78 is 0. The lowest BCUT2D eigenvalue weighted by atomic mass is 10.1. The average Bonchev–Trinajstić information content (AvgIpc) is 2.75. The van der Waals surface area contributed by atoms with E-state index in [1.54, 1.807) is 6.07 Å². The Kier molecular flexibility index (Phi) is 5.67. The maximum Gasteiger partial charge on any atom is 0.254 e. The predicted molar refractivity (Wildman–Crippen MR) is 117 cm³/mol. The number of amides is 2. The molecule has 1 heterocycles. The van der Waals surface area contributed by atoms with E-state index < -0.39 is 0 Å². The normalized spacial score (nSPS) is 15.3. The van der Waals surface area contributed by atoms with Crippen LogP contribution in [0.2, 0.25) is 0 Å². The molecule has 1 aliphatic rings. The SMILES string of the molecule is CC1Sc2ccc(C(=O)N(Cc3ccccc3)Cc3ccccc3)cc2NC1=O. The first-order valence-electron chi connectivity index (χ1n) is 9.59. The van der Waals surface area contributed by atoms with Crippen molar-refractivity contribution in [3.63, 3.8) is 0 Å². The van der Waals surface area contributed by atoms with Crippen molar-refractivity contribution in [2.24, 2.45) is 0 Å². The molecule has 0 saturated heterocycles. The zero-order valence-electron chi connectivity index (χ0n) is 16.2. The number of fused-ring (bicyclic) bond motifs is 1. The highest BCUT2D eigenvalue weighted by Crippen LogP contribution is 2.36. The third-order valence-corrected chi connectivity index (χ3v) is 6.05. The van der Waals surface area contributed by atoms with Crippen molar-refractivity contribution >= 4 is 29.3 Å². The van der Waals surface area contributed by atoms with Gasteiger partial charge in [0.15, 0.2) is 0 Å². The van der Waals surface area contributed by atoms with Gasteiger partial charge >= 0.3 is 0 Å². The van der Waals surface area contributed by atoms with Crippen molar-refractivity contribution in [1.82, 2.24) is 4.90 Å². The van der Waals surface area contributed by atoms with Crippen LogP contribution in [0.3, 0.4) is 0 Å². The second kappa shape index (κ2) is 8.53. The average molecular weight is 403 g/mol. The van der Waals surface area contributed by atoms with E-state index in [0.717, 1.165) is 16.0 Å². The molecular weight excluding hydrogens is 380 g/mol. The molecule has 1 aliphatic heterocycles. The van der Waals surface area contributed by atoms with Crippen molar-refractivity contribution in [3.05, 3.63) is 95.6 Å². The maximum atomic E-state index is 13.4. The molecule has 29 heavy (non-hydrogen) atoms. The number of carbonyl (C=O) groups excluding carboxylic acids is 2. The number of nitrogens with one attached hydrogen (secondary N) is 1. The molecule has 0 aromatic heterocycles. The van der Waals surface area contributed by atoms with E-state index >= 15 is 0 Å². The minimum absolute atomic E-state index is 0.0301. The van der Waals surface area contributed by atoms with Crippen LogP contribution in [0.5, 0.6) is 0 Å². The number of hydrogen-bond acceptors (Lipinski definition) is 3. The van der Waals surface area contributed by atoms with Gasteiger partial charge in [0.2, 0.25) is 5.91 Å². The summed E-state index contributed by atoms with van der Waals surface area (Å²) in [7, 11) is 0. The fraction of sp³-hybridized carbons (Fsp3) is 0.167. The summed E-state index contributed by atoms with van der Waals surface area (Å²) in [6.45, 7) is 2.91. The molecule has 0 saturated carbocycles. The Morgan fingerprint density at radius 2 is 1.52 bits per heavy atom. The minimum Gasteiger partial charge on any atom is -0.330 e. The lowest BCUT2D eigenvalue weighted by molar-refractivity contribution is -0.115. The third kappa shape index (κ3) is 4.51. The summed E-state index contributed by atoms with van der Waals surface area (Å²) in [6, 6.07) is 25.5. The number of hydrogen-bond donors (Lipinski definition) is 1. The van der Waals surface area contributed by atoms with Crippen LogP contribution in [0, 0.1) is 0 Å². The molecule has 0 spiro atoms. The lowest BCUT2D eigenvalue weighted by Gasteiger charge is -2.25. The fourth-order valence-electron chi connectivity index (χ4n) is 3.33. The molecule has 1 unspecified atom stereocenters. The van der Waals surface area contributed by atoms with Crippen LogP contribution in [0.25, 0.3) is 0 Å². The molecule has 0 bridgehead atoms. The molecule has 146 valence electrons. The van der Waals surface area contributed by atoms with Crippen LogP contribution in [-0.4, -0.2) is 22.0 Å². The van der Waals surface area contributed by atoms with Crippen molar-refractivity contribution < 1.29 is 9.59 Å². The van der Waals surface area contributed by atoms with E-state index in [2.05, 4.69) is 5.32 Å². The van der Waals surface area contributed by atoms with Crippen LogP contribution in [0.4, 0.5) is 5.69 Å². The molecule has 3 aromatic carbocycles. The smallest absolute Gasteiger partial charge is 0.254 e. The molecule has 0 radical (unpaired) electrons. The van der Waals surface area contributed by atoms with Crippen LogP contribution >= 0.6 is 11.8 Å². The summed E-state index contributed by atoms with van der Waals surface area (Å²) in [5.41, 5.74) is 3.44. The number of carbonyl (C=O) groups is 2. The minimum atomic E-state index is -0.128. The first-order chi connectivity index (χ1) is 14.1. The van der Waals surface area contributed by atoms with Gasteiger partial charge in [-0.15, -0.1) is 11.8 Å². The highest BCUT2D eigenvalue weighted by Gasteiger charge is 2.25. The van der Waals surface area contributed by atoms with Gasteiger partial charge in [-0.25, -0.2) is 0 Å². The second-order valence-corrected chi connectivity index (χ2v) is 8.48. The van der Waals surface area contributed by atoms with Crippen molar-refractivity contribution in [2.75, 3.05) is 5.32 Å². The Morgan fingerprint density at radius 3 is 2.10 bits per heavy atom. The summed E-state index contributed by atoms with van der Waals surface area (Å²) in [6.07, 6.45) is 0. The Labute approximate surface area is 174 Å². The Morgan fingerprint density at radius 1 is 0.931 bits per heavy atom. The van der Waals surface area contributed by atoms with E-state index in [0.29, 0.717) is 24.3 Å². The maximum absolute atomic E-state index is 13.4. The Hall–Kier alpha value is -3.05. The van der Waals surface area contributed by atoms with Gasteiger partial charge in [0, 0.05) is 23.5 Å². The number of thioether (sulfide) groups is 1. The molecule has 4 nitrogen and oxygen atoms in total. The highest BCUT2D eigenvalue weighted by molar-refractivity contribution is 8.00. The van der Waals surface area contributed by atoms with Gasteiger partial charge in [0.1, 0.15) is 0 Å². The zero-order valence-corrected chi connectivity index (χ0v) is 17.0. The second-order valence-electron chi connectivity index (χ2n) is 7.09. The molecule has 1 N–H and O–H groups in total. The van der Waals surface area contributed by atoms with Crippen LogP contribution in [0.15, 0.2) is 83.8 Å². The van der Waals surface area contributed by atoms with E-state index in [9.17, 15) is 9.59 Å². The highest BCUT2D eigenvalue weighted by atomic mass is 32.2. The van der Waals surface area contributed by atoms with Crippen molar-refractivity contribution in [3.8, 4) is 0 Å². The third-order valence-electron chi connectivity index (χ3n) is 4.88. The first kappa shape index (κ1) is 19.3. The number of rotatable bonds is 5. The topological polar surface area (TPSA) is 49.4 Å². The molecule has 2 amide bonds. The van der Waals surface area contributed by atoms with E-state index in [-0.39, 0.29) is 17.1 Å². The van der Waals surface area contributed by atoms with Gasteiger partial charge < -0.3 is 10.2 Å². The summed E-state index contributed by atoms with van der Waals surface area (Å²) in [4.78, 5) is 28.3. The molecule has 4 rings (SSSR count). The predicted octanol–water partition coefficient (Wildman–Crippen LogP) is 4.96. The zero-order chi connectivity index (χ0) is 20.2. The molecule has 0 aliphatic carbocycles. The molecule has 5 heteroatoms. The van der Waals surface area contributed by atoms with Crippen LogP contribution in [0.1, 0.15) is 28.4 Å². The van der Waals surface area contributed by atoms with Crippen LogP contribution in [-0.2, 0) is 17.9 Å². The quantitative estimate of drug-likeness (QED) is 0.656. The van der Waals surface area contributed by atoms with Gasteiger partial charge in [-0.1, -0.05) is 60.7 Å². The Balaban J connectivity index is 1.62. The van der Waals surface area contributed by atoms with E-state index in [1.807, 2.05) is 84.6 Å². The first-order valence-corrected chi connectivity index (χ1v) is 10.5. The van der Waals surface area contributed by atoms with Crippen LogP contribution < -0.4 is 5.32 Å².